The summed E-state index contributed by atoms with van der Waals surface area (Å²) in [4.78, 5) is 61.9. The maximum absolute atomic E-state index is 12.1. The number of hydrogen-bond donors (Lipinski definition) is 5. The van der Waals surface area contributed by atoms with Crippen LogP contribution in [-0.2, 0) is 30.4 Å². The predicted octanol–water partition coefficient (Wildman–Crippen LogP) is -1.92. The molecule has 3 atom stereocenters. The van der Waals surface area contributed by atoms with E-state index >= 15 is 0 Å². The minimum atomic E-state index is -1.50. The molecule has 0 bridgehead atoms. The highest BCUT2D eigenvalue weighted by molar-refractivity contribution is 5.94. The van der Waals surface area contributed by atoms with Gasteiger partial charge < -0.3 is 26.8 Å². The van der Waals surface area contributed by atoms with Gasteiger partial charge in [0.25, 0.3) is 0 Å². The predicted molar refractivity (Wildman–Crippen MR) is 96.5 cm³/mol. The number of primary amides is 1. The highest BCUT2D eigenvalue weighted by Crippen LogP contribution is 1.98. The van der Waals surface area contributed by atoms with Crippen LogP contribution in [0, 0.1) is 0 Å². The fraction of sp³-hybridized carbons (Fsp3) is 0.412. The lowest BCUT2D eigenvalue weighted by atomic mass is 10.1. The van der Waals surface area contributed by atoms with E-state index in [9.17, 15) is 24.0 Å². The normalized spacial score (nSPS) is 13.5. The Labute approximate surface area is 161 Å². The fourth-order valence-corrected chi connectivity index (χ4v) is 2.15. The van der Waals surface area contributed by atoms with Gasteiger partial charge in [-0.1, -0.05) is 0 Å². The third-order valence-corrected chi connectivity index (χ3v) is 3.66. The zero-order valence-electron chi connectivity index (χ0n) is 15.5. The Morgan fingerprint density at radius 1 is 1.00 bits per heavy atom. The maximum atomic E-state index is 12.1. The molecule has 28 heavy (non-hydrogen) atoms. The summed E-state index contributed by atoms with van der Waals surface area (Å²) in [5.41, 5.74) is 5.66. The van der Waals surface area contributed by atoms with Gasteiger partial charge in [-0.3, -0.25) is 24.2 Å². The van der Waals surface area contributed by atoms with Crippen LogP contribution in [0.4, 0.5) is 0 Å². The first-order valence-corrected chi connectivity index (χ1v) is 8.40. The quantitative estimate of drug-likeness (QED) is 0.307. The number of carbonyl (C=O) groups excluding carboxylic acids is 4. The summed E-state index contributed by atoms with van der Waals surface area (Å²) >= 11 is 0. The molecule has 1 aromatic rings. The lowest BCUT2D eigenvalue weighted by Gasteiger charge is -2.20. The minimum absolute atomic E-state index is 0.0591. The number of nitrogens with two attached hydrogens (primary N) is 1. The van der Waals surface area contributed by atoms with Crippen LogP contribution in [0.25, 0.3) is 0 Å². The number of amides is 4. The molecule has 0 aliphatic carbocycles. The summed E-state index contributed by atoms with van der Waals surface area (Å²) in [5.74, 6) is -4.15. The van der Waals surface area contributed by atoms with Gasteiger partial charge in [-0.2, -0.15) is 0 Å². The Balaban J connectivity index is 2.52. The molecule has 4 amide bonds. The Kier molecular flexibility index (Phi) is 8.53. The zero-order chi connectivity index (χ0) is 21.3. The second-order valence-corrected chi connectivity index (χ2v) is 6.12. The number of carboxylic acid groups (broad SMARTS) is 1. The van der Waals surface area contributed by atoms with Crippen molar-refractivity contribution in [3.05, 3.63) is 30.1 Å². The van der Waals surface area contributed by atoms with E-state index in [0.29, 0.717) is 0 Å². The van der Waals surface area contributed by atoms with Crippen molar-refractivity contribution in [3.8, 4) is 0 Å². The number of carboxylic acids is 1. The number of pyridine rings is 1. The number of nitrogens with one attached hydrogen (secondary N) is 3. The standard InChI is InChI=1S/C17H23N5O6/c1-9(20-14(24)7-11-3-5-19-6-4-11)15(25)21-10(2)16(26)22-12(17(27)28)8-13(18)23/h3-6,9-10,12H,7-8H2,1-2H3,(H2,18,23)(H,20,24)(H,21,25)(H,22,26)(H,27,28)/t9-,10-,12-/m0/s1. The van der Waals surface area contributed by atoms with Crippen LogP contribution in [0.1, 0.15) is 25.8 Å². The van der Waals surface area contributed by atoms with E-state index in [4.69, 9.17) is 10.8 Å². The maximum Gasteiger partial charge on any atom is 0.326 e. The highest BCUT2D eigenvalue weighted by atomic mass is 16.4. The Bertz CT molecular complexity index is 739. The van der Waals surface area contributed by atoms with Gasteiger partial charge in [-0.25, -0.2) is 4.79 Å². The van der Waals surface area contributed by atoms with Crippen molar-refractivity contribution in [2.24, 2.45) is 5.73 Å². The van der Waals surface area contributed by atoms with Gasteiger partial charge in [0, 0.05) is 12.4 Å². The third-order valence-electron chi connectivity index (χ3n) is 3.66. The summed E-state index contributed by atoms with van der Waals surface area (Å²) < 4.78 is 0. The lowest BCUT2D eigenvalue weighted by molar-refractivity contribution is -0.143. The first-order chi connectivity index (χ1) is 13.1. The van der Waals surface area contributed by atoms with Crippen LogP contribution < -0.4 is 21.7 Å². The first kappa shape index (κ1) is 22.5. The molecule has 11 nitrogen and oxygen atoms in total. The van der Waals surface area contributed by atoms with E-state index in [1.165, 1.54) is 13.8 Å². The summed E-state index contributed by atoms with van der Waals surface area (Å²) in [6.07, 6.45) is 2.57. The van der Waals surface area contributed by atoms with E-state index in [-0.39, 0.29) is 6.42 Å². The third kappa shape index (κ3) is 7.81. The number of carbonyl (C=O) groups is 5. The van der Waals surface area contributed by atoms with Gasteiger partial charge in [0.1, 0.15) is 18.1 Å². The molecule has 6 N–H and O–H groups in total. The van der Waals surface area contributed by atoms with E-state index in [1.54, 1.807) is 24.5 Å². The Morgan fingerprint density at radius 3 is 2.07 bits per heavy atom. The number of aliphatic carboxylic acids is 1. The average molecular weight is 393 g/mol. The molecule has 0 saturated heterocycles. The van der Waals surface area contributed by atoms with Crippen molar-refractivity contribution < 1.29 is 29.1 Å². The molecule has 0 fully saturated rings. The van der Waals surface area contributed by atoms with Crippen molar-refractivity contribution in [1.82, 2.24) is 20.9 Å². The van der Waals surface area contributed by atoms with Crippen molar-refractivity contribution >= 4 is 29.6 Å². The molecule has 0 unspecified atom stereocenters. The zero-order valence-corrected chi connectivity index (χ0v) is 15.5. The van der Waals surface area contributed by atoms with Crippen LogP contribution in [0.15, 0.2) is 24.5 Å². The van der Waals surface area contributed by atoms with Crippen LogP contribution in [0.2, 0.25) is 0 Å². The average Bonchev–Trinajstić information content (AvgIpc) is 2.61. The van der Waals surface area contributed by atoms with E-state index in [2.05, 4.69) is 20.9 Å². The monoisotopic (exact) mass is 393 g/mol. The second kappa shape index (κ2) is 10.6. The Morgan fingerprint density at radius 2 is 1.54 bits per heavy atom. The molecule has 1 aromatic heterocycles. The van der Waals surface area contributed by atoms with Gasteiger partial charge in [0.15, 0.2) is 0 Å². The molecular formula is C17H23N5O6. The van der Waals surface area contributed by atoms with Crippen LogP contribution in [-0.4, -0.2) is 57.8 Å². The second-order valence-electron chi connectivity index (χ2n) is 6.12. The summed E-state index contributed by atoms with van der Waals surface area (Å²) in [6, 6.07) is -0.183. The largest absolute Gasteiger partial charge is 0.480 e. The van der Waals surface area contributed by atoms with Crippen LogP contribution >= 0.6 is 0 Å². The van der Waals surface area contributed by atoms with Gasteiger partial charge in [0.05, 0.1) is 12.8 Å². The molecule has 0 aromatic carbocycles. The van der Waals surface area contributed by atoms with Crippen LogP contribution in [0.5, 0.6) is 0 Å². The molecular weight excluding hydrogens is 370 g/mol. The van der Waals surface area contributed by atoms with E-state index in [0.717, 1.165) is 5.56 Å². The SMILES string of the molecule is C[C@H](NC(=O)Cc1ccncc1)C(=O)N[C@@H](C)C(=O)N[C@@H](CC(N)=O)C(=O)O. The van der Waals surface area contributed by atoms with Crippen molar-refractivity contribution in [1.29, 1.82) is 0 Å². The van der Waals surface area contributed by atoms with Gasteiger partial charge in [0.2, 0.25) is 23.6 Å². The summed E-state index contributed by atoms with van der Waals surface area (Å²) in [6.45, 7) is 2.78. The first-order valence-electron chi connectivity index (χ1n) is 8.40. The molecule has 1 heterocycles. The molecule has 11 heteroatoms. The van der Waals surface area contributed by atoms with Crippen molar-refractivity contribution in [2.45, 2.75) is 44.8 Å². The van der Waals surface area contributed by atoms with Crippen LogP contribution in [0.3, 0.4) is 0 Å². The number of aromatic nitrogens is 1. The van der Waals surface area contributed by atoms with Gasteiger partial charge in [-0.05, 0) is 31.5 Å². The fourth-order valence-electron chi connectivity index (χ4n) is 2.15. The highest BCUT2D eigenvalue weighted by Gasteiger charge is 2.26. The van der Waals surface area contributed by atoms with E-state index in [1.807, 2.05) is 0 Å². The number of nitrogens with zero attached hydrogens (tertiary/aromatic N) is 1. The Hall–Kier alpha value is -3.50. The minimum Gasteiger partial charge on any atom is -0.480 e. The molecule has 0 spiro atoms. The molecule has 0 radical (unpaired) electrons. The van der Waals surface area contributed by atoms with Gasteiger partial charge >= 0.3 is 5.97 Å². The molecule has 0 aliphatic rings. The number of hydrogen-bond acceptors (Lipinski definition) is 6. The molecule has 0 saturated carbocycles. The molecule has 0 aliphatic heterocycles. The van der Waals surface area contributed by atoms with Crippen molar-refractivity contribution in [3.63, 3.8) is 0 Å². The smallest absolute Gasteiger partial charge is 0.326 e. The number of rotatable bonds is 10. The molecule has 152 valence electrons. The summed E-state index contributed by atoms with van der Waals surface area (Å²) in [7, 11) is 0. The van der Waals surface area contributed by atoms with E-state index < -0.39 is 54.1 Å². The lowest BCUT2D eigenvalue weighted by Crippen LogP contribution is -2.54. The molecule has 1 rings (SSSR count). The summed E-state index contributed by atoms with van der Waals surface area (Å²) in [5, 5.41) is 16.0. The van der Waals surface area contributed by atoms with Crippen molar-refractivity contribution in [2.75, 3.05) is 0 Å². The topological polar surface area (TPSA) is 181 Å². The van der Waals surface area contributed by atoms with Gasteiger partial charge in [-0.15, -0.1) is 0 Å².